The van der Waals surface area contributed by atoms with E-state index >= 15 is 0 Å². The summed E-state index contributed by atoms with van der Waals surface area (Å²) in [5.41, 5.74) is 3.44. The Balaban J connectivity index is 1.64. The maximum absolute atomic E-state index is 11.7. The second-order valence-electron chi connectivity index (χ2n) is 6.62. The molecule has 0 spiro atoms. The Morgan fingerprint density at radius 2 is 1.73 bits per heavy atom. The van der Waals surface area contributed by atoms with Crippen LogP contribution in [0, 0.1) is 0 Å². The first kappa shape index (κ1) is 19.6. The van der Waals surface area contributed by atoms with Gasteiger partial charge in [0.25, 0.3) is 0 Å². The maximum atomic E-state index is 11.7. The highest BCUT2D eigenvalue weighted by atomic mass is 32.2. The SMILES string of the molecule is COC(=O)c1ccc(Nc2nc3c(-c4ccc(S(C)(=O)=O)cc4)cccn3n2)cc1. The summed E-state index contributed by atoms with van der Waals surface area (Å²) in [4.78, 5) is 16.4. The number of carbonyl (C=O) groups is 1. The van der Waals surface area contributed by atoms with Gasteiger partial charge in [-0.15, -0.1) is 5.10 Å². The predicted molar refractivity (Wildman–Crippen MR) is 113 cm³/mol. The second-order valence-corrected chi connectivity index (χ2v) is 8.63. The van der Waals surface area contributed by atoms with Crippen molar-refractivity contribution >= 4 is 33.1 Å². The number of carbonyl (C=O) groups excluding carboxylic acids is 1. The van der Waals surface area contributed by atoms with E-state index in [9.17, 15) is 13.2 Å². The van der Waals surface area contributed by atoms with E-state index in [4.69, 9.17) is 4.74 Å². The number of nitrogens with zero attached hydrogens (tertiary/aromatic N) is 3. The fourth-order valence-corrected chi connectivity index (χ4v) is 3.63. The van der Waals surface area contributed by atoms with Crippen molar-refractivity contribution in [2.45, 2.75) is 4.90 Å². The van der Waals surface area contributed by atoms with Gasteiger partial charge < -0.3 is 10.1 Å². The van der Waals surface area contributed by atoms with E-state index in [0.29, 0.717) is 17.2 Å². The van der Waals surface area contributed by atoms with Crippen LogP contribution in [0.3, 0.4) is 0 Å². The summed E-state index contributed by atoms with van der Waals surface area (Å²) >= 11 is 0. The number of methoxy groups -OCH3 is 1. The summed E-state index contributed by atoms with van der Waals surface area (Å²) in [5, 5.41) is 7.54. The van der Waals surface area contributed by atoms with Gasteiger partial charge in [-0.1, -0.05) is 12.1 Å². The minimum atomic E-state index is -3.26. The highest BCUT2D eigenvalue weighted by molar-refractivity contribution is 7.90. The van der Waals surface area contributed by atoms with Crippen molar-refractivity contribution in [2.24, 2.45) is 0 Å². The molecule has 30 heavy (non-hydrogen) atoms. The van der Waals surface area contributed by atoms with Crippen molar-refractivity contribution in [3.63, 3.8) is 0 Å². The molecular weight excluding hydrogens is 404 g/mol. The van der Waals surface area contributed by atoms with E-state index in [2.05, 4.69) is 15.4 Å². The lowest BCUT2D eigenvalue weighted by Crippen LogP contribution is -2.01. The zero-order chi connectivity index (χ0) is 21.3. The van der Waals surface area contributed by atoms with E-state index in [1.807, 2.05) is 12.1 Å². The smallest absolute Gasteiger partial charge is 0.337 e. The number of hydrogen-bond donors (Lipinski definition) is 1. The zero-order valence-electron chi connectivity index (χ0n) is 16.2. The molecule has 0 unspecified atom stereocenters. The molecule has 0 radical (unpaired) electrons. The summed E-state index contributed by atoms with van der Waals surface area (Å²) < 4.78 is 29.7. The summed E-state index contributed by atoms with van der Waals surface area (Å²) in [6.45, 7) is 0. The largest absolute Gasteiger partial charge is 0.465 e. The molecule has 9 heteroatoms. The molecule has 2 heterocycles. The second kappa shape index (κ2) is 7.60. The summed E-state index contributed by atoms with van der Waals surface area (Å²) in [6.07, 6.45) is 2.96. The van der Waals surface area contributed by atoms with Crippen molar-refractivity contribution in [3.8, 4) is 11.1 Å². The van der Waals surface area contributed by atoms with Gasteiger partial charge in [0.15, 0.2) is 15.5 Å². The van der Waals surface area contributed by atoms with E-state index in [-0.39, 0.29) is 4.90 Å². The number of aromatic nitrogens is 3. The number of esters is 1. The van der Waals surface area contributed by atoms with Gasteiger partial charge in [-0.25, -0.2) is 17.7 Å². The van der Waals surface area contributed by atoms with Gasteiger partial charge in [-0.05, 0) is 54.1 Å². The first-order valence-electron chi connectivity index (χ1n) is 8.96. The summed E-state index contributed by atoms with van der Waals surface area (Å²) in [5.74, 6) is -0.0139. The Morgan fingerprint density at radius 1 is 1.03 bits per heavy atom. The van der Waals surface area contributed by atoms with Crippen molar-refractivity contribution in [2.75, 3.05) is 18.7 Å². The van der Waals surface area contributed by atoms with E-state index < -0.39 is 15.8 Å². The Labute approximate surface area is 173 Å². The molecule has 4 rings (SSSR count). The quantitative estimate of drug-likeness (QED) is 0.492. The molecule has 0 aliphatic heterocycles. The third kappa shape index (κ3) is 3.87. The van der Waals surface area contributed by atoms with Gasteiger partial charge in [-0.2, -0.15) is 4.98 Å². The minimum Gasteiger partial charge on any atom is -0.465 e. The topological polar surface area (TPSA) is 103 Å². The van der Waals surface area contributed by atoms with Crippen molar-refractivity contribution in [1.29, 1.82) is 0 Å². The third-order valence-electron chi connectivity index (χ3n) is 4.52. The normalized spacial score (nSPS) is 11.4. The van der Waals surface area contributed by atoms with Gasteiger partial charge in [0.05, 0.1) is 17.6 Å². The lowest BCUT2D eigenvalue weighted by molar-refractivity contribution is 0.0600. The predicted octanol–water partition coefficient (Wildman–Crippen LogP) is 3.33. The van der Waals surface area contributed by atoms with Crippen LogP contribution >= 0.6 is 0 Å². The Bertz CT molecular complexity index is 1330. The molecule has 0 saturated heterocycles. The lowest BCUT2D eigenvalue weighted by Gasteiger charge is -2.04. The van der Waals surface area contributed by atoms with Gasteiger partial charge in [0, 0.05) is 23.7 Å². The molecular formula is C21H18N4O4S. The fourth-order valence-electron chi connectivity index (χ4n) is 3.00. The number of benzene rings is 2. The number of nitrogens with one attached hydrogen (secondary N) is 1. The van der Waals surface area contributed by atoms with Crippen LogP contribution in [0.15, 0.2) is 71.8 Å². The van der Waals surface area contributed by atoms with Crippen molar-refractivity contribution in [1.82, 2.24) is 14.6 Å². The van der Waals surface area contributed by atoms with Crippen LogP contribution in [0.25, 0.3) is 16.8 Å². The highest BCUT2D eigenvalue weighted by Gasteiger charge is 2.12. The van der Waals surface area contributed by atoms with Crippen molar-refractivity contribution in [3.05, 3.63) is 72.4 Å². The molecule has 0 atom stereocenters. The number of pyridine rings is 1. The molecule has 4 aromatic rings. The van der Waals surface area contributed by atoms with Crippen LogP contribution < -0.4 is 5.32 Å². The van der Waals surface area contributed by atoms with Gasteiger partial charge in [-0.3, -0.25) is 0 Å². The number of sulfone groups is 1. The average molecular weight is 422 g/mol. The summed E-state index contributed by atoms with van der Waals surface area (Å²) in [7, 11) is -1.92. The highest BCUT2D eigenvalue weighted by Crippen LogP contribution is 2.26. The molecule has 0 amide bonds. The number of fused-ring (bicyclic) bond motifs is 1. The van der Waals surface area contributed by atoms with Crippen LogP contribution in [0.1, 0.15) is 10.4 Å². The molecule has 152 valence electrons. The van der Waals surface area contributed by atoms with Crippen LogP contribution in [0.4, 0.5) is 11.6 Å². The van der Waals surface area contributed by atoms with Crippen LogP contribution in [-0.4, -0.2) is 42.4 Å². The first-order valence-corrected chi connectivity index (χ1v) is 10.9. The molecule has 0 saturated carbocycles. The third-order valence-corrected chi connectivity index (χ3v) is 5.65. The fraction of sp³-hybridized carbons (Fsp3) is 0.0952. The molecule has 0 aliphatic carbocycles. The average Bonchev–Trinajstić information content (AvgIpc) is 3.15. The number of ether oxygens (including phenoxy) is 1. The molecule has 8 nitrogen and oxygen atoms in total. The Kier molecular flexibility index (Phi) is 4.96. The zero-order valence-corrected chi connectivity index (χ0v) is 17.1. The van der Waals surface area contributed by atoms with Gasteiger partial charge in [0.2, 0.25) is 5.95 Å². The van der Waals surface area contributed by atoms with E-state index in [0.717, 1.165) is 16.8 Å². The van der Waals surface area contributed by atoms with Gasteiger partial charge >= 0.3 is 5.97 Å². The van der Waals surface area contributed by atoms with Crippen molar-refractivity contribution < 1.29 is 17.9 Å². The Hall–Kier alpha value is -3.72. The molecule has 0 bridgehead atoms. The lowest BCUT2D eigenvalue weighted by atomic mass is 10.1. The van der Waals surface area contributed by atoms with E-state index in [1.165, 1.54) is 13.4 Å². The van der Waals surface area contributed by atoms with Crippen LogP contribution in [0.5, 0.6) is 0 Å². The number of anilines is 2. The Morgan fingerprint density at radius 3 is 2.37 bits per heavy atom. The van der Waals surface area contributed by atoms with E-state index in [1.54, 1.807) is 59.2 Å². The minimum absolute atomic E-state index is 0.262. The molecule has 2 aromatic carbocycles. The standard InChI is InChI=1S/C21H18N4O4S/c1-29-20(26)15-5-9-16(10-6-15)22-21-23-19-18(4-3-13-25(19)24-21)14-7-11-17(12-8-14)30(2,27)28/h3-13H,1-2H3,(H,22,24). The molecule has 2 aromatic heterocycles. The van der Waals surface area contributed by atoms with Gasteiger partial charge in [0.1, 0.15) is 0 Å². The number of hydrogen-bond acceptors (Lipinski definition) is 7. The molecule has 0 fully saturated rings. The molecule has 0 aliphatic rings. The summed E-state index contributed by atoms with van der Waals surface area (Å²) in [6, 6.07) is 17.2. The monoisotopic (exact) mass is 422 g/mol. The first-order chi connectivity index (χ1) is 14.3. The molecule has 1 N–H and O–H groups in total. The van der Waals surface area contributed by atoms with Crippen LogP contribution in [0.2, 0.25) is 0 Å². The maximum Gasteiger partial charge on any atom is 0.337 e. The van der Waals surface area contributed by atoms with Crippen LogP contribution in [-0.2, 0) is 14.6 Å². The number of rotatable bonds is 5.